The first-order valence-corrected chi connectivity index (χ1v) is 10.4. The minimum absolute atomic E-state index is 0.138. The number of carbonyl (C=O) groups is 3. The predicted molar refractivity (Wildman–Crippen MR) is 117 cm³/mol. The summed E-state index contributed by atoms with van der Waals surface area (Å²) in [5, 5.41) is 2.97. The van der Waals surface area contributed by atoms with Crippen molar-refractivity contribution in [2.24, 2.45) is 0 Å². The monoisotopic (exact) mass is 407 g/mol. The van der Waals surface area contributed by atoms with Crippen LogP contribution in [0.1, 0.15) is 56.4 Å². The molecule has 0 saturated heterocycles. The van der Waals surface area contributed by atoms with E-state index in [1.807, 2.05) is 39.2 Å². The van der Waals surface area contributed by atoms with Gasteiger partial charge >= 0.3 is 0 Å². The lowest BCUT2D eigenvalue weighted by Gasteiger charge is -2.25. The van der Waals surface area contributed by atoms with E-state index in [9.17, 15) is 14.4 Å². The van der Waals surface area contributed by atoms with Crippen molar-refractivity contribution < 1.29 is 14.4 Å². The summed E-state index contributed by atoms with van der Waals surface area (Å²) in [6.07, 6.45) is 2.49. The van der Waals surface area contributed by atoms with Gasteiger partial charge in [0.2, 0.25) is 0 Å². The Hall–Kier alpha value is -2.99. The van der Waals surface area contributed by atoms with E-state index in [2.05, 4.69) is 22.3 Å². The Balaban J connectivity index is 1.67. The Bertz CT molecular complexity index is 925. The molecule has 1 aliphatic rings. The molecule has 0 unspecified atom stereocenters. The molecule has 6 nitrogen and oxygen atoms in total. The van der Waals surface area contributed by atoms with Crippen molar-refractivity contribution >= 4 is 17.7 Å². The van der Waals surface area contributed by atoms with Gasteiger partial charge in [0.1, 0.15) is 0 Å². The topological polar surface area (TPSA) is 69.7 Å². The van der Waals surface area contributed by atoms with Crippen LogP contribution in [-0.2, 0) is 6.42 Å². The van der Waals surface area contributed by atoms with Crippen molar-refractivity contribution in [1.82, 2.24) is 15.1 Å². The number of carbonyl (C=O) groups excluding carboxylic acids is 3. The van der Waals surface area contributed by atoms with E-state index in [0.717, 1.165) is 19.3 Å². The second-order valence-corrected chi connectivity index (χ2v) is 7.89. The smallest absolute Gasteiger partial charge is 0.261 e. The highest BCUT2D eigenvalue weighted by Crippen LogP contribution is 2.24. The molecular weight excluding hydrogens is 378 g/mol. The molecule has 0 fully saturated rings. The molecule has 0 radical (unpaired) electrons. The van der Waals surface area contributed by atoms with Gasteiger partial charge in [-0.15, -0.1) is 0 Å². The molecule has 1 atom stereocenters. The van der Waals surface area contributed by atoms with Gasteiger partial charge in [-0.1, -0.05) is 43.7 Å². The van der Waals surface area contributed by atoms with Gasteiger partial charge in [-0.2, -0.15) is 0 Å². The van der Waals surface area contributed by atoms with Crippen LogP contribution >= 0.6 is 0 Å². The largest absolute Gasteiger partial charge is 0.350 e. The number of nitrogens with zero attached hydrogens (tertiary/aromatic N) is 2. The quantitative estimate of drug-likeness (QED) is 0.649. The average Bonchev–Trinajstić information content (AvgIpc) is 2.99. The van der Waals surface area contributed by atoms with Crippen molar-refractivity contribution in [3.63, 3.8) is 0 Å². The Morgan fingerprint density at radius 1 is 1.03 bits per heavy atom. The van der Waals surface area contributed by atoms with Crippen LogP contribution in [0.2, 0.25) is 0 Å². The summed E-state index contributed by atoms with van der Waals surface area (Å²) in [6.45, 7) is 2.90. The standard InChI is InChI=1S/C24H29N3O3/c1-4-5-13-27-23(29)20-12-11-18(15-21(20)24(27)30)22(28)25-16-19(26(2)3)14-17-9-7-6-8-10-17/h6-12,15,19H,4-5,13-14,16H2,1-3H3,(H,25,28)/t19-/m0/s1. The third-order valence-corrected chi connectivity index (χ3v) is 5.51. The van der Waals surface area contributed by atoms with Crippen LogP contribution in [0.4, 0.5) is 0 Å². The number of benzene rings is 2. The fourth-order valence-electron chi connectivity index (χ4n) is 3.59. The average molecular weight is 408 g/mol. The van der Waals surface area contributed by atoms with Crippen LogP contribution in [0.15, 0.2) is 48.5 Å². The molecule has 0 aromatic heterocycles. The number of nitrogens with one attached hydrogen (secondary N) is 1. The van der Waals surface area contributed by atoms with E-state index < -0.39 is 0 Å². The zero-order valence-corrected chi connectivity index (χ0v) is 17.9. The first kappa shape index (κ1) is 21.7. The Labute approximate surface area is 177 Å². The van der Waals surface area contributed by atoms with E-state index >= 15 is 0 Å². The van der Waals surface area contributed by atoms with Gasteiger partial charge in [0.05, 0.1) is 11.1 Å². The molecule has 1 N–H and O–H groups in total. The van der Waals surface area contributed by atoms with Crippen LogP contribution in [0, 0.1) is 0 Å². The third-order valence-electron chi connectivity index (χ3n) is 5.51. The zero-order chi connectivity index (χ0) is 21.7. The Kier molecular flexibility index (Phi) is 7.00. The summed E-state index contributed by atoms with van der Waals surface area (Å²) >= 11 is 0. The molecule has 0 saturated carbocycles. The van der Waals surface area contributed by atoms with E-state index in [0.29, 0.717) is 29.8 Å². The number of imide groups is 1. The molecule has 30 heavy (non-hydrogen) atoms. The maximum Gasteiger partial charge on any atom is 0.261 e. The Morgan fingerprint density at radius 2 is 1.73 bits per heavy atom. The van der Waals surface area contributed by atoms with Gasteiger partial charge in [0.15, 0.2) is 0 Å². The van der Waals surface area contributed by atoms with Gasteiger partial charge < -0.3 is 10.2 Å². The van der Waals surface area contributed by atoms with Crippen molar-refractivity contribution in [2.45, 2.75) is 32.2 Å². The summed E-state index contributed by atoms with van der Waals surface area (Å²) in [7, 11) is 3.98. The minimum atomic E-state index is -0.312. The van der Waals surface area contributed by atoms with Crippen molar-refractivity contribution in [1.29, 1.82) is 0 Å². The molecule has 2 aromatic rings. The van der Waals surface area contributed by atoms with Crippen LogP contribution < -0.4 is 5.32 Å². The third kappa shape index (κ3) is 4.76. The number of hydrogen-bond acceptors (Lipinski definition) is 4. The summed E-state index contributed by atoms with van der Waals surface area (Å²) < 4.78 is 0. The van der Waals surface area contributed by atoms with Crippen molar-refractivity contribution in [2.75, 3.05) is 27.2 Å². The first-order chi connectivity index (χ1) is 14.4. The van der Waals surface area contributed by atoms with E-state index in [4.69, 9.17) is 0 Å². The summed E-state index contributed by atoms with van der Waals surface area (Å²) in [5.41, 5.74) is 2.30. The lowest BCUT2D eigenvalue weighted by molar-refractivity contribution is 0.0652. The number of likely N-dealkylation sites (N-methyl/N-ethyl adjacent to an activating group) is 1. The van der Waals surface area contributed by atoms with Crippen LogP contribution in [0.3, 0.4) is 0 Å². The zero-order valence-electron chi connectivity index (χ0n) is 17.9. The van der Waals surface area contributed by atoms with E-state index in [-0.39, 0.29) is 23.8 Å². The molecule has 158 valence electrons. The lowest BCUT2D eigenvalue weighted by Crippen LogP contribution is -2.41. The molecule has 2 aromatic carbocycles. The number of rotatable bonds is 9. The maximum atomic E-state index is 12.7. The summed E-state index contributed by atoms with van der Waals surface area (Å²) in [6, 6.07) is 15.0. The normalized spacial score (nSPS) is 14.2. The number of amides is 3. The molecule has 0 bridgehead atoms. The molecule has 6 heteroatoms. The van der Waals surface area contributed by atoms with Gasteiger partial charge in [-0.3, -0.25) is 19.3 Å². The molecule has 3 rings (SSSR count). The van der Waals surface area contributed by atoms with Gasteiger partial charge in [-0.05, 0) is 50.7 Å². The molecule has 1 heterocycles. The molecular formula is C24H29N3O3. The van der Waals surface area contributed by atoms with Gasteiger partial charge in [-0.25, -0.2) is 0 Å². The van der Waals surface area contributed by atoms with Crippen LogP contribution in [0.25, 0.3) is 0 Å². The highest BCUT2D eigenvalue weighted by Gasteiger charge is 2.35. The SMILES string of the molecule is CCCCN1C(=O)c2ccc(C(=O)NC[C@H](Cc3ccccc3)N(C)C)cc2C1=O. The summed E-state index contributed by atoms with van der Waals surface area (Å²) in [4.78, 5) is 41.2. The highest BCUT2D eigenvalue weighted by molar-refractivity contribution is 6.22. The molecule has 0 spiro atoms. The first-order valence-electron chi connectivity index (χ1n) is 10.4. The maximum absolute atomic E-state index is 12.7. The fraction of sp³-hybridized carbons (Fsp3) is 0.375. The van der Waals surface area contributed by atoms with Crippen molar-refractivity contribution in [3.8, 4) is 0 Å². The minimum Gasteiger partial charge on any atom is -0.350 e. The molecule has 0 aliphatic carbocycles. The van der Waals surface area contributed by atoms with E-state index in [1.165, 1.54) is 10.5 Å². The van der Waals surface area contributed by atoms with Crippen LogP contribution in [-0.4, -0.2) is 60.7 Å². The second-order valence-electron chi connectivity index (χ2n) is 7.89. The lowest BCUT2D eigenvalue weighted by atomic mass is 10.0. The fourth-order valence-corrected chi connectivity index (χ4v) is 3.59. The Morgan fingerprint density at radius 3 is 2.40 bits per heavy atom. The predicted octanol–water partition coefficient (Wildman–Crippen LogP) is 2.99. The number of hydrogen-bond donors (Lipinski definition) is 1. The molecule has 1 aliphatic heterocycles. The van der Waals surface area contributed by atoms with Gasteiger partial charge in [0, 0.05) is 24.7 Å². The van der Waals surface area contributed by atoms with Crippen LogP contribution in [0.5, 0.6) is 0 Å². The van der Waals surface area contributed by atoms with E-state index in [1.54, 1.807) is 18.2 Å². The van der Waals surface area contributed by atoms with Gasteiger partial charge in [0.25, 0.3) is 17.7 Å². The van der Waals surface area contributed by atoms with Crippen molar-refractivity contribution in [3.05, 3.63) is 70.8 Å². The second kappa shape index (κ2) is 9.67. The highest BCUT2D eigenvalue weighted by atomic mass is 16.2. The number of fused-ring (bicyclic) bond motifs is 1. The summed E-state index contributed by atoms with van der Waals surface area (Å²) in [5.74, 6) is -0.829. The number of unbranched alkanes of at least 4 members (excludes halogenated alkanes) is 1. The molecule has 3 amide bonds.